The van der Waals surface area contributed by atoms with Crippen LogP contribution in [0.2, 0.25) is 0 Å². The van der Waals surface area contributed by atoms with Crippen LogP contribution in [0.4, 0.5) is 0 Å². The van der Waals surface area contributed by atoms with Gasteiger partial charge < -0.3 is 10.1 Å². The van der Waals surface area contributed by atoms with Crippen molar-refractivity contribution in [3.8, 4) is 0 Å². The van der Waals surface area contributed by atoms with Crippen LogP contribution in [0.3, 0.4) is 0 Å². The van der Waals surface area contributed by atoms with Crippen molar-refractivity contribution >= 4 is 10.0 Å². The second-order valence-electron chi connectivity index (χ2n) is 13.2. The van der Waals surface area contributed by atoms with Gasteiger partial charge in [-0.25, -0.2) is 13.1 Å². The summed E-state index contributed by atoms with van der Waals surface area (Å²) in [4.78, 5) is 0. The summed E-state index contributed by atoms with van der Waals surface area (Å²) in [7, 11) is -3.13. The molecule has 1 saturated heterocycles. The van der Waals surface area contributed by atoms with Gasteiger partial charge in [-0.2, -0.15) is 0 Å². The lowest BCUT2D eigenvalue weighted by Gasteiger charge is -2.54. The fourth-order valence-corrected chi connectivity index (χ4v) is 9.84. The highest BCUT2D eigenvalue weighted by Gasteiger charge is 2.56. The van der Waals surface area contributed by atoms with Gasteiger partial charge in [0, 0.05) is 12.1 Å². The molecule has 0 aromatic rings. The molecule has 3 aliphatic carbocycles. The second-order valence-corrected chi connectivity index (χ2v) is 15.0. The molecule has 194 valence electrons. The van der Waals surface area contributed by atoms with Gasteiger partial charge in [-0.1, -0.05) is 26.3 Å². The van der Waals surface area contributed by atoms with Crippen LogP contribution in [-0.2, 0) is 14.8 Å². The number of hydrogen-bond donors (Lipinski definition) is 2. The highest BCUT2D eigenvalue weighted by atomic mass is 32.2. The van der Waals surface area contributed by atoms with Gasteiger partial charge >= 0.3 is 0 Å². The van der Waals surface area contributed by atoms with E-state index in [1.807, 2.05) is 0 Å². The smallest absolute Gasteiger partial charge is 0.208 e. The Labute approximate surface area is 208 Å². The molecule has 0 amide bonds. The first-order valence-corrected chi connectivity index (χ1v) is 15.9. The van der Waals surface area contributed by atoms with E-state index in [0.29, 0.717) is 35.3 Å². The third kappa shape index (κ3) is 4.78. The minimum atomic E-state index is -3.13. The first-order chi connectivity index (χ1) is 16.0. The molecule has 0 bridgehead atoms. The molecule has 0 aromatic heterocycles. The first kappa shape index (κ1) is 25.2. The Morgan fingerprint density at radius 1 is 1.09 bits per heavy atom. The molecular formula is C28H48N2O3S. The molecule has 2 heterocycles. The standard InChI is InChI=1S/C28H48N2O3S/c1-17-12-26-27(29-15-17)18(2)6-8-22-23-9-7-20-13-21(30-34(5,31)32)10-11-28(20,4)25(23)14-24(22)19(3)16-33-26/h17-18,20-23,25-27,29-30H,6-16H2,1-5H3/b24-19-/t17-,18-,20+,21+,22-,23-,25-,26+,27-,28-/m0/s1. The maximum atomic E-state index is 11.9. The van der Waals surface area contributed by atoms with E-state index in [-0.39, 0.29) is 6.04 Å². The van der Waals surface area contributed by atoms with Crippen LogP contribution in [0.25, 0.3) is 0 Å². The summed E-state index contributed by atoms with van der Waals surface area (Å²) in [6, 6.07) is 0.619. The molecule has 0 unspecified atom stereocenters. The monoisotopic (exact) mass is 492 g/mol. The molecule has 6 heteroatoms. The number of piperidine rings is 1. The van der Waals surface area contributed by atoms with Gasteiger partial charge in [0.2, 0.25) is 10.0 Å². The van der Waals surface area contributed by atoms with E-state index in [0.717, 1.165) is 50.2 Å². The summed E-state index contributed by atoms with van der Waals surface area (Å²) in [5.41, 5.74) is 3.59. The zero-order chi connectivity index (χ0) is 24.3. The molecular weight excluding hydrogens is 444 g/mol. The van der Waals surface area contributed by atoms with Gasteiger partial charge in [0.25, 0.3) is 0 Å². The molecule has 0 aromatic carbocycles. The predicted octanol–water partition coefficient (Wildman–Crippen LogP) is 4.89. The van der Waals surface area contributed by atoms with Gasteiger partial charge in [0.1, 0.15) is 0 Å². The number of fused-ring (bicyclic) bond motifs is 6. The van der Waals surface area contributed by atoms with Gasteiger partial charge in [0.15, 0.2) is 0 Å². The van der Waals surface area contributed by atoms with Crippen LogP contribution in [0.5, 0.6) is 0 Å². The summed E-state index contributed by atoms with van der Waals surface area (Å²) in [5.74, 6) is 4.25. The number of hydrogen-bond acceptors (Lipinski definition) is 4. The maximum Gasteiger partial charge on any atom is 0.208 e. The highest BCUT2D eigenvalue weighted by Crippen LogP contribution is 2.63. The van der Waals surface area contributed by atoms with Crippen molar-refractivity contribution in [2.75, 3.05) is 19.4 Å². The van der Waals surface area contributed by atoms with Gasteiger partial charge in [0.05, 0.1) is 19.0 Å². The van der Waals surface area contributed by atoms with Gasteiger partial charge in [-0.15, -0.1) is 0 Å². The normalized spacial score (nSPS) is 50.0. The minimum Gasteiger partial charge on any atom is -0.372 e. The van der Waals surface area contributed by atoms with E-state index in [1.165, 1.54) is 50.4 Å². The molecule has 34 heavy (non-hydrogen) atoms. The lowest BCUT2D eigenvalue weighted by atomic mass is 9.52. The average Bonchev–Trinajstić information content (AvgIpc) is 3.15. The molecule has 4 fully saturated rings. The zero-order valence-corrected chi connectivity index (χ0v) is 22.9. The summed E-state index contributed by atoms with van der Waals surface area (Å²) in [6.07, 6.45) is 12.4. The summed E-state index contributed by atoms with van der Waals surface area (Å²) >= 11 is 0. The van der Waals surface area contributed by atoms with E-state index in [4.69, 9.17) is 4.74 Å². The quantitative estimate of drug-likeness (QED) is 0.539. The van der Waals surface area contributed by atoms with Crippen LogP contribution < -0.4 is 10.0 Å². The Balaban J connectivity index is 1.36. The van der Waals surface area contributed by atoms with E-state index >= 15 is 0 Å². The average molecular weight is 493 g/mol. The van der Waals surface area contributed by atoms with E-state index < -0.39 is 10.0 Å². The number of allylic oxidation sites excluding steroid dienone is 1. The number of sulfonamides is 1. The van der Waals surface area contributed by atoms with Crippen molar-refractivity contribution in [2.24, 2.45) is 40.9 Å². The van der Waals surface area contributed by atoms with Crippen LogP contribution in [0.1, 0.15) is 85.5 Å². The predicted molar refractivity (Wildman–Crippen MR) is 138 cm³/mol. The molecule has 0 radical (unpaired) electrons. The summed E-state index contributed by atoms with van der Waals surface area (Å²) in [5, 5.41) is 3.84. The summed E-state index contributed by atoms with van der Waals surface area (Å²) < 4.78 is 33.3. The van der Waals surface area contributed by atoms with Crippen molar-refractivity contribution < 1.29 is 13.2 Å². The van der Waals surface area contributed by atoms with Crippen molar-refractivity contribution in [3.05, 3.63) is 11.1 Å². The van der Waals surface area contributed by atoms with Gasteiger partial charge in [-0.3, -0.25) is 0 Å². The van der Waals surface area contributed by atoms with E-state index in [9.17, 15) is 8.42 Å². The number of nitrogens with one attached hydrogen (secondary N) is 2. The largest absolute Gasteiger partial charge is 0.372 e. The lowest BCUT2D eigenvalue weighted by molar-refractivity contribution is -0.0378. The third-order valence-electron chi connectivity index (χ3n) is 10.9. The topological polar surface area (TPSA) is 67.4 Å². The lowest BCUT2D eigenvalue weighted by Crippen LogP contribution is -2.52. The molecule has 5 aliphatic rings. The van der Waals surface area contributed by atoms with Gasteiger partial charge in [-0.05, 0) is 118 Å². The molecule has 2 N–H and O–H groups in total. The van der Waals surface area contributed by atoms with E-state index in [2.05, 4.69) is 37.7 Å². The Kier molecular flexibility index (Phi) is 7.02. The maximum absolute atomic E-state index is 11.9. The second kappa shape index (κ2) is 9.46. The summed E-state index contributed by atoms with van der Waals surface area (Å²) in [6.45, 7) is 11.6. The van der Waals surface area contributed by atoms with Crippen LogP contribution >= 0.6 is 0 Å². The van der Waals surface area contributed by atoms with Crippen molar-refractivity contribution in [2.45, 2.75) is 104 Å². The van der Waals surface area contributed by atoms with Crippen LogP contribution in [0.15, 0.2) is 11.1 Å². The van der Waals surface area contributed by atoms with Crippen LogP contribution in [-0.4, -0.2) is 46.0 Å². The highest BCUT2D eigenvalue weighted by molar-refractivity contribution is 7.88. The molecule has 3 saturated carbocycles. The van der Waals surface area contributed by atoms with Crippen molar-refractivity contribution in [1.29, 1.82) is 0 Å². The first-order valence-electron chi connectivity index (χ1n) is 14.1. The molecule has 10 atom stereocenters. The van der Waals surface area contributed by atoms with Crippen molar-refractivity contribution in [1.82, 2.24) is 10.0 Å². The Morgan fingerprint density at radius 3 is 2.65 bits per heavy atom. The number of rotatable bonds is 2. The fraction of sp³-hybridized carbons (Fsp3) is 0.929. The molecule has 5 rings (SSSR count). The fourth-order valence-electron chi connectivity index (χ4n) is 9.02. The van der Waals surface area contributed by atoms with Crippen LogP contribution in [0, 0.1) is 40.9 Å². The third-order valence-corrected chi connectivity index (χ3v) is 11.6. The van der Waals surface area contributed by atoms with Crippen molar-refractivity contribution in [3.63, 3.8) is 0 Å². The minimum absolute atomic E-state index is 0.125. The van der Waals surface area contributed by atoms with E-state index in [1.54, 1.807) is 5.57 Å². The Hall–Kier alpha value is -0.430. The Bertz CT molecular complexity index is 901. The molecule has 0 spiro atoms. The molecule has 5 nitrogen and oxygen atoms in total. The zero-order valence-electron chi connectivity index (χ0n) is 22.1. The SMILES string of the molecule is C/C1=C2\C[C@H]3[C@@H](CC[C@@H]4C[C@H](NS(C)(=O)=O)CC[C@@]43C)[C@@H]2CC[C@H](C)[C@@H]2NC[C@@H](C)C[C@H]2OC1. The Morgan fingerprint density at radius 2 is 1.88 bits per heavy atom. The number of ether oxygens (including phenoxy) is 1. The molecule has 2 aliphatic heterocycles.